The molecule has 2 aromatic heterocycles. The van der Waals surface area contributed by atoms with Crippen LogP contribution >= 0.6 is 0 Å². The molecule has 170 valence electrons. The highest BCUT2D eigenvalue weighted by atomic mass is 16.5. The topological polar surface area (TPSA) is 100 Å². The second-order valence-electron chi connectivity index (χ2n) is 7.45. The number of nitrogens with zero attached hydrogens (tertiary/aromatic N) is 4. The fourth-order valence-corrected chi connectivity index (χ4v) is 3.44. The molecule has 0 saturated heterocycles. The first-order valence-electron chi connectivity index (χ1n) is 10.5. The van der Waals surface area contributed by atoms with E-state index >= 15 is 0 Å². The average Bonchev–Trinajstić information content (AvgIpc) is 3.12. The maximum Gasteiger partial charge on any atom is 0.255 e. The van der Waals surface area contributed by atoms with Gasteiger partial charge in [-0.25, -0.2) is 9.67 Å². The number of aryl methyl sites for hydroxylation is 3. The molecule has 9 nitrogen and oxygen atoms in total. The Hall–Kier alpha value is -3.62. The number of nitrogens with one attached hydrogen (secondary N) is 1. The Kier molecular flexibility index (Phi) is 7.29. The fourth-order valence-electron chi connectivity index (χ4n) is 3.44. The third-order valence-electron chi connectivity index (χ3n) is 5.09. The van der Waals surface area contributed by atoms with Crippen molar-refractivity contribution in [3.63, 3.8) is 0 Å². The van der Waals surface area contributed by atoms with Crippen molar-refractivity contribution in [1.82, 2.24) is 24.6 Å². The first-order chi connectivity index (χ1) is 15.4. The molecule has 3 rings (SSSR count). The SMILES string of the molecule is CCc1cc(=O)n(CC(=O)NCCc2ccc(OC)c(OC)c2)c(-n2nc(C)cc2C)n1. The van der Waals surface area contributed by atoms with Gasteiger partial charge in [0.15, 0.2) is 11.5 Å². The smallest absolute Gasteiger partial charge is 0.255 e. The van der Waals surface area contributed by atoms with Crippen LogP contribution in [0.5, 0.6) is 11.5 Å². The molecule has 0 saturated carbocycles. The molecule has 2 heterocycles. The number of carbonyl (C=O) groups is 1. The number of aromatic nitrogens is 4. The molecular weight excluding hydrogens is 410 g/mol. The minimum atomic E-state index is -0.283. The van der Waals surface area contributed by atoms with Crippen LogP contribution in [0, 0.1) is 13.8 Å². The van der Waals surface area contributed by atoms with Gasteiger partial charge in [-0.1, -0.05) is 13.0 Å². The Balaban J connectivity index is 1.74. The lowest BCUT2D eigenvalue weighted by atomic mass is 10.1. The molecule has 0 aliphatic carbocycles. The van der Waals surface area contributed by atoms with Gasteiger partial charge < -0.3 is 14.8 Å². The molecule has 0 bridgehead atoms. The van der Waals surface area contributed by atoms with Crippen LogP contribution in [0.25, 0.3) is 5.95 Å². The van der Waals surface area contributed by atoms with E-state index in [1.807, 2.05) is 45.0 Å². The van der Waals surface area contributed by atoms with Crippen LogP contribution in [0.4, 0.5) is 0 Å². The lowest BCUT2D eigenvalue weighted by Crippen LogP contribution is -2.36. The highest BCUT2D eigenvalue weighted by molar-refractivity contribution is 5.75. The Labute approximate surface area is 187 Å². The molecule has 0 atom stereocenters. The third-order valence-corrected chi connectivity index (χ3v) is 5.09. The first-order valence-corrected chi connectivity index (χ1v) is 10.5. The third kappa shape index (κ3) is 5.16. The van der Waals surface area contributed by atoms with Crippen LogP contribution in [0.15, 0.2) is 35.1 Å². The number of rotatable bonds is 9. The standard InChI is InChI=1S/C23H29N5O4/c1-6-18-13-22(30)27(23(25-18)28-16(3)11-15(2)26-28)14-21(29)24-10-9-17-7-8-19(31-4)20(12-17)32-5/h7-8,11-13H,6,9-10,14H2,1-5H3,(H,24,29). The zero-order valence-electron chi connectivity index (χ0n) is 19.1. The summed E-state index contributed by atoms with van der Waals surface area (Å²) in [6, 6.07) is 9.00. The minimum Gasteiger partial charge on any atom is -0.493 e. The average molecular weight is 440 g/mol. The van der Waals surface area contributed by atoms with Crippen LogP contribution in [-0.4, -0.2) is 46.0 Å². The van der Waals surface area contributed by atoms with E-state index in [4.69, 9.17) is 9.47 Å². The Morgan fingerprint density at radius 2 is 1.84 bits per heavy atom. The number of benzene rings is 1. The zero-order valence-corrected chi connectivity index (χ0v) is 19.1. The van der Waals surface area contributed by atoms with Crippen LogP contribution < -0.4 is 20.3 Å². The van der Waals surface area contributed by atoms with Crippen LogP contribution in [0.3, 0.4) is 0 Å². The van der Waals surface area contributed by atoms with Gasteiger partial charge in [0, 0.05) is 24.0 Å². The monoisotopic (exact) mass is 439 g/mol. The molecule has 0 spiro atoms. The normalized spacial score (nSPS) is 10.8. The molecule has 0 radical (unpaired) electrons. The Morgan fingerprint density at radius 3 is 2.47 bits per heavy atom. The molecule has 3 aromatic rings. The molecule has 0 aliphatic heterocycles. The predicted octanol–water partition coefficient (Wildman–Crippen LogP) is 1.98. The number of carbonyl (C=O) groups excluding carboxylic acids is 1. The predicted molar refractivity (Wildman–Crippen MR) is 121 cm³/mol. The van der Waals surface area contributed by atoms with Crippen molar-refractivity contribution in [2.45, 2.75) is 40.2 Å². The quantitative estimate of drug-likeness (QED) is 0.547. The number of amides is 1. The maximum absolute atomic E-state index is 12.7. The molecule has 0 unspecified atom stereocenters. The molecule has 0 aliphatic rings. The van der Waals surface area contributed by atoms with Gasteiger partial charge >= 0.3 is 0 Å². The summed E-state index contributed by atoms with van der Waals surface area (Å²) >= 11 is 0. The van der Waals surface area contributed by atoms with Gasteiger partial charge in [-0.05, 0) is 50.5 Å². The molecule has 9 heteroatoms. The van der Waals surface area contributed by atoms with E-state index in [-0.39, 0.29) is 18.0 Å². The van der Waals surface area contributed by atoms with Gasteiger partial charge in [-0.2, -0.15) is 5.10 Å². The second-order valence-corrected chi connectivity index (χ2v) is 7.45. The molecular formula is C23H29N5O4. The summed E-state index contributed by atoms with van der Waals surface area (Å²) in [5.41, 5.74) is 3.02. The van der Waals surface area contributed by atoms with E-state index in [1.165, 1.54) is 10.6 Å². The summed E-state index contributed by atoms with van der Waals surface area (Å²) in [7, 11) is 3.17. The van der Waals surface area contributed by atoms with Crippen LogP contribution in [0.1, 0.15) is 29.6 Å². The van der Waals surface area contributed by atoms with E-state index < -0.39 is 0 Å². The van der Waals surface area contributed by atoms with Crippen molar-refractivity contribution in [2.24, 2.45) is 0 Å². The second kappa shape index (κ2) is 10.1. The lowest BCUT2D eigenvalue weighted by molar-refractivity contribution is -0.121. The van der Waals surface area contributed by atoms with Gasteiger partial charge in [0.1, 0.15) is 6.54 Å². The molecule has 1 aromatic carbocycles. The molecule has 1 N–H and O–H groups in total. The van der Waals surface area contributed by atoms with Gasteiger partial charge in [0.25, 0.3) is 5.56 Å². The number of hydrogen-bond acceptors (Lipinski definition) is 6. The maximum atomic E-state index is 12.7. The number of methoxy groups -OCH3 is 2. The minimum absolute atomic E-state index is 0.143. The summed E-state index contributed by atoms with van der Waals surface area (Å²) in [5, 5.41) is 7.31. The van der Waals surface area contributed by atoms with Crippen molar-refractivity contribution >= 4 is 5.91 Å². The molecule has 32 heavy (non-hydrogen) atoms. The zero-order chi connectivity index (χ0) is 23.3. The van der Waals surface area contributed by atoms with Gasteiger partial charge in [-0.3, -0.25) is 14.2 Å². The van der Waals surface area contributed by atoms with Crippen LogP contribution in [-0.2, 0) is 24.2 Å². The van der Waals surface area contributed by atoms with Crippen molar-refractivity contribution in [2.75, 3.05) is 20.8 Å². The molecule has 0 fully saturated rings. The van der Waals surface area contributed by atoms with Gasteiger partial charge in [0.05, 0.1) is 19.9 Å². The highest BCUT2D eigenvalue weighted by Crippen LogP contribution is 2.27. The summed E-state index contributed by atoms with van der Waals surface area (Å²) in [6.07, 6.45) is 1.22. The summed E-state index contributed by atoms with van der Waals surface area (Å²) in [6.45, 7) is 5.96. The summed E-state index contributed by atoms with van der Waals surface area (Å²) in [4.78, 5) is 30.0. The van der Waals surface area contributed by atoms with Crippen molar-refractivity contribution in [3.05, 3.63) is 63.3 Å². The van der Waals surface area contributed by atoms with Crippen molar-refractivity contribution in [1.29, 1.82) is 0 Å². The van der Waals surface area contributed by atoms with Gasteiger partial charge in [-0.15, -0.1) is 0 Å². The molecule has 1 amide bonds. The van der Waals surface area contributed by atoms with E-state index in [0.29, 0.717) is 42.5 Å². The van der Waals surface area contributed by atoms with Crippen molar-refractivity contribution in [3.8, 4) is 17.4 Å². The number of hydrogen-bond donors (Lipinski definition) is 1. The summed E-state index contributed by atoms with van der Waals surface area (Å²) < 4.78 is 13.5. The van der Waals surface area contributed by atoms with E-state index in [0.717, 1.165) is 17.0 Å². The van der Waals surface area contributed by atoms with Gasteiger partial charge in [0.2, 0.25) is 11.9 Å². The fraction of sp³-hybridized carbons (Fsp3) is 0.391. The van der Waals surface area contributed by atoms with Crippen LogP contribution in [0.2, 0.25) is 0 Å². The Morgan fingerprint density at radius 1 is 1.09 bits per heavy atom. The largest absolute Gasteiger partial charge is 0.493 e. The van der Waals surface area contributed by atoms with E-state index in [9.17, 15) is 9.59 Å². The highest BCUT2D eigenvalue weighted by Gasteiger charge is 2.16. The Bertz CT molecular complexity index is 1170. The van der Waals surface area contributed by atoms with E-state index in [2.05, 4.69) is 15.4 Å². The lowest BCUT2D eigenvalue weighted by Gasteiger charge is -2.14. The first kappa shape index (κ1) is 23.1. The number of ether oxygens (including phenoxy) is 2. The summed E-state index contributed by atoms with van der Waals surface area (Å²) in [5.74, 6) is 1.36. The van der Waals surface area contributed by atoms with E-state index in [1.54, 1.807) is 18.9 Å². The van der Waals surface area contributed by atoms with Crippen molar-refractivity contribution < 1.29 is 14.3 Å².